The highest BCUT2D eigenvalue weighted by molar-refractivity contribution is 5.91. The second-order valence-electron chi connectivity index (χ2n) is 11.9. The molecular formula is C39H40N2O5. The molecule has 1 aliphatic carbocycles. The summed E-state index contributed by atoms with van der Waals surface area (Å²) in [6.07, 6.45) is 1.11. The zero-order valence-electron chi connectivity index (χ0n) is 26.2. The van der Waals surface area contributed by atoms with E-state index < -0.39 is 36.0 Å². The molecule has 7 heteroatoms. The van der Waals surface area contributed by atoms with Crippen molar-refractivity contribution in [2.45, 2.75) is 44.2 Å². The number of amides is 2. The van der Waals surface area contributed by atoms with Gasteiger partial charge in [-0.2, -0.15) is 0 Å². The van der Waals surface area contributed by atoms with E-state index in [1.165, 1.54) is 6.08 Å². The molecule has 2 amide bonds. The molecule has 0 spiro atoms. The number of carbonyl (C=O) groups excluding carboxylic acids is 3. The van der Waals surface area contributed by atoms with Crippen molar-refractivity contribution in [1.29, 1.82) is 0 Å². The van der Waals surface area contributed by atoms with E-state index in [0.29, 0.717) is 6.42 Å². The largest absolute Gasteiger partial charge is 0.460 e. The van der Waals surface area contributed by atoms with Crippen molar-refractivity contribution < 1.29 is 23.9 Å². The molecule has 0 aliphatic heterocycles. The van der Waals surface area contributed by atoms with Crippen LogP contribution in [0.15, 0.2) is 122 Å². The van der Waals surface area contributed by atoms with E-state index in [1.807, 2.05) is 98.8 Å². The van der Waals surface area contributed by atoms with Crippen molar-refractivity contribution in [3.05, 3.63) is 144 Å². The molecule has 0 saturated heterocycles. The van der Waals surface area contributed by atoms with Crippen LogP contribution in [-0.2, 0) is 19.1 Å². The highest BCUT2D eigenvalue weighted by atomic mass is 16.5. The minimum atomic E-state index is -1.11. The summed E-state index contributed by atoms with van der Waals surface area (Å²) in [6, 6.07) is 33.2. The Morgan fingerprint density at radius 1 is 0.739 bits per heavy atom. The fourth-order valence-corrected chi connectivity index (χ4v) is 6.15. The van der Waals surface area contributed by atoms with E-state index in [1.54, 1.807) is 0 Å². The fraction of sp³-hybridized carbons (Fsp3) is 0.256. The molecule has 2 N–H and O–H groups in total. The minimum Gasteiger partial charge on any atom is -0.460 e. The van der Waals surface area contributed by atoms with E-state index >= 15 is 0 Å². The number of esters is 1. The predicted octanol–water partition coefficient (Wildman–Crippen LogP) is 6.99. The Kier molecular flexibility index (Phi) is 10.7. The molecule has 0 saturated carbocycles. The number of hydrogen-bond acceptors (Lipinski definition) is 5. The molecule has 0 heterocycles. The zero-order valence-corrected chi connectivity index (χ0v) is 26.2. The summed E-state index contributed by atoms with van der Waals surface area (Å²) in [6.45, 7) is 7.66. The minimum absolute atomic E-state index is 0.0291. The first-order valence-corrected chi connectivity index (χ1v) is 15.7. The predicted molar refractivity (Wildman–Crippen MR) is 179 cm³/mol. The van der Waals surface area contributed by atoms with Crippen LogP contribution in [0.4, 0.5) is 4.79 Å². The Bertz CT molecular complexity index is 1570. The maximum atomic E-state index is 14.2. The first-order valence-electron chi connectivity index (χ1n) is 15.7. The van der Waals surface area contributed by atoms with Gasteiger partial charge in [-0.25, -0.2) is 9.59 Å². The number of nitrogens with one attached hydrogen (secondary N) is 2. The molecule has 236 valence electrons. The number of benzene rings is 4. The van der Waals surface area contributed by atoms with Crippen LogP contribution < -0.4 is 10.6 Å². The fourth-order valence-electron chi connectivity index (χ4n) is 6.15. The molecule has 0 radical (unpaired) electrons. The number of fused-ring (bicyclic) bond motifs is 3. The summed E-state index contributed by atoms with van der Waals surface area (Å²) >= 11 is 0. The quantitative estimate of drug-likeness (QED) is 0.125. The summed E-state index contributed by atoms with van der Waals surface area (Å²) in [4.78, 5) is 40.8. The molecule has 0 bridgehead atoms. The SMILES string of the molecule is C=CCOC(=O)[C@H](CC(C)C)NC(=O)[C@H](NC(=O)OCC1c2ccccc2-c2ccccc21)C(c1ccccc1)c1ccccc1. The molecule has 0 fully saturated rings. The lowest BCUT2D eigenvalue weighted by molar-refractivity contribution is -0.147. The van der Waals surface area contributed by atoms with Gasteiger partial charge in [0.2, 0.25) is 5.91 Å². The first kappa shape index (κ1) is 32.2. The lowest BCUT2D eigenvalue weighted by Gasteiger charge is -2.30. The highest BCUT2D eigenvalue weighted by Gasteiger charge is 2.36. The van der Waals surface area contributed by atoms with Crippen molar-refractivity contribution in [2.75, 3.05) is 13.2 Å². The molecule has 7 nitrogen and oxygen atoms in total. The van der Waals surface area contributed by atoms with E-state index in [9.17, 15) is 14.4 Å². The third kappa shape index (κ3) is 7.54. The van der Waals surface area contributed by atoms with Crippen molar-refractivity contribution in [1.82, 2.24) is 10.6 Å². The summed E-state index contributed by atoms with van der Waals surface area (Å²) < 4.78 is 11.2. The highest BCUT2D eigenvalue weighted by Crippen LogP contribution is 2.44. The molecule has 0 unspecified atom stereocenters. The van der Waals surface area contributed by atoms with Crippen molar-refractivity contribution >= 4 is 18.0 Å². The Morgan fingerprint density at radius 2 is 1.26 bits per heavy atom. The van der Waals surface area contributed by atoms with Crippen LogP contribution in [0.2, 0.25) is 0 Å². The average molecular weight is 617 g/mol. The Morgan fingerprint density at radius 3 is 1.78 bits per heavy atom. The van der Waals surface area contributed by atoms with Crippen LogP contribution in [-0.4, -0.2) is 43.3 Å². The zero-order chi connectivity index (χ0) is 32.5. The molecule has 0 aromatic heterocycles. The molecule has 2 atom stereocenters. The third-order valence-electron chi connectivity index (χ3n) is 8.20. The van der Waals surface area contributed by atoms with Crippen LogP contribution in [0.3, 0.4) is 0 Å². The first-order chi connectivity index (χ1) is 22.4. The molecule has 4 aromatic rings. The monoisotopic (exact) mass is 616 g/mol. The average Bonchev–Trinajstić information content (AvgIpc) is 3.40. The lowest BCUT2D eigenvalue weighted by atomic mass is 9.84. The van der Waals surface area contributed by atoms with Gasteiger partial charge >= 0.3 is 12.1 Å². The third-order valence-corrected chi connectivity index (χ3v) is 8.20. The van der Waals surface area contributed by atoms with Gasteiger partial charge in [0.05, 0.1) is 0 Å². The van der Waals surface area contributed by atoms with Crippen LogP contribution in [0, 0.1) is 5.92 Å². The number of rotatable bonds is 13. The Hall–Kier alpha value is -5.17. The van der Waals surface area contributed by atoms with Crippen LogP contribution in [0.1, 0.15) is 54.4 Å². The summed E-state index contributed by atoms with van der Waals surface area (Å²) in [5.74, 6) is -1.70. The van der Waals surface area contributed by atoms with Gasteiger partial charge in [-0.15, -0.1) is 0 Å². The van der Waals surface area contributed by atoms with Gasteiger partial charge in [0.25, 0.3) is 0 Å². The normalized spacial score (nSPS) is 13.3. The van der Waals surface area contributed by atoms with Crippen molar-refractivity contribution in [3.8, 4) is 11.1 Å². The molecule has 46 heavy (non-hydrogen) atoms. The second-order valence-corrected chi connectivity index (χ2v) is 11.9. The van der Waals surface area contributed by atoms with E-state index in [2.05, 4.69) is 41.5 Å². The molecule has 1 aliphatic rings. The summed E-state index contributed by atoms with van der Waals surface area (Å²) in [7, 11) is 0. The van der Waals surface area contributed by atoms with Crippen LogP contribution in [0.5, 0.6) is 0 Å². The standard InChI is InChI=1S/C39H40N2O5/c1-4-23-45-38(43)34(24-26(2)3)40-37(42)36(35(27-15-7-5-8-16-27)28-17-9-6-10-18-28)41-39(44)46-25-33-31-21-13-11-19-29(31)30-20-12-14-22-32(30)33/h4-22,26,33-36H,1,23-25H2,2-3H3,(H,40,42)(H,41,44)/t34-,36+/m0/s1. The Balaban J connectivity index is 1.43. The second kappa shape index (κ2) is 15.2. The van der Waals surface area contributed by atoms with Gasteiger partial charge in [-0.05, 0) is 45.7 Å². The van der Waals surface area contributed by atoms with Gasteiger partial charge < -0.3 is 20.1 Å². The van der Waals surface area contributed by atoms with E-state index in [-0.39, 0.29) is 25.0 Å². The summed E-state index contributed by atoms with van der Waals surface area (Å²) in [5.41, 5.74) is 6.07. The summed E-state index contributed by atoms with van der Waals surface area (Å²) in [5, 5.41) is 5.77. The van der Waals surface area contributed by atoms with Crippen LogP contribution in [0.25, 0.3) is 11.1 Å². The van der Waals surface area contributed by atoms with E-state index in [4.69, 9.17) is 9.47 Å². The number of alkyl carbamates (subject to hydrolysis) is 1. The van der Waals surface area contributed by atoms with Gasteiger partial charge in [0, 0.05) is 11.8 Å². The van der Waals surface area contributed by atoms with Gasteiger partial charge in [-0.1, -0.05) is 136 Å². The van der Waals surface area contributed by atoms with E-state index in [0.717, 1.165) is 33.4 Å². The van der Waals surface area contributed by atoms with Gasteiger partial charge in [0.15, 0.2) is 0 Å². The van der Waals surface area contributed by atoms with Crippen LogP contribution >= 0.6 is 0 Å². The van der Waals surface area contributed by atoms with Crippen molar-refractivity contribution in [2.24, 2.45) is 5.92 Å². The van der Waals surface area contributed by atoms with Gasteiger partial charge in [-0.3, -0.25) is 4.79 Å². The smallest absolute Gasteiger partial charge is 0.407 e. The number of carbonyl (C=O) groups is 3. The number of ether oxygens (including phenoxy) is 2. The lowest BCUT2D eigenvalue weighted by Crippen LogP contribution is -2.54. The van der Waals surface area contributed by atoms with Gasteiger partial charge in [0.1, 0.15) is 25.3 Å². The van der Waals surface area contributed by atoms with Crippen molar-refractivity contribution in [3.63, 3.8) is 0 Å². The molecule has 5 rings (SSSR count). The maximum Gasteiger partial charge on any atom is 0.407 e. The topological polar surface area (TPSA) is 93.7 Å². The Labute approximate surface area is 270 Å². The molecule has 4 aromatic carbocycles. The maximum absolute atomic E-state index is 14.2. The number of hydrogen-bond donors (Lipinski definition) is 2. The molecular weight excluding hydrogens is 576 g/mol.